The summed E-state index contributed by atoms with van der Waals surface area (Å²) in [6, 6.07) is 1.64. The quantitative estimate of drug-likeness (QED) is 0.720. The number of sulfone groups is 1. The zero-order valence-corrected chi connectivity index (χ0v) is 16.8. The number of aromatic nitrogens is 2. The van der Waals surface area contributed by atoms with Crippen LogP contribution in [0.1, 0.15) is 23.4 Å². The second kappa shape index (κ2) is 6.48. The molecule has 2 aliphatic heterocycles. The minimum absolute atomic E-state index is 0.0202. The normalized spacial score (nSPS) is 24.3. The van der Waals surface area contributed by atoms with E-state index in [0.717, 1.165) is 0 Å². The molecule has 4 heterocycles. The number of hydrogen-bond donors (Lipinski definition) is 1. The van der Waals surface area contributed by atoms with Crippen molar-refractivity contribution < 1.29 is 26.3 Å². The van der Waals surface area contributed by atoms with Crippen LogP contribution in [-0.2, 0) is 20.8 Å². The summed E-state index contributed by atoms with van der Waals surface area (Å²) in [5, 5.41) is 9.62. The zero-order valence-electron chi connectivity index (χ0n) is 15.2. The molecular weight excluding hydrogens is 433 g/mol. The largest absolute Gasteiger partial charge is 0.434 e. The van der Waals surface area contributed by atoms with Crippen molar-refractivity contribution in [2.75, 3.05) is 36.1 Å². The molecule has 1 unspecified atom stereocenters. The third-order valence-electron chi connectivity index (χ3n) is 5.32. The van der Waals surface area contributed by atoms with E-state index in [1.807, 2.05) is 0 Å². The van der Waals surface area contributed by atoms with Crippen LogP contribution >= 0.6 is 11.6 Å². The molecule has 1 atom stereocenters. The number of aromatic amines is 1. The van der Waals surface area contributed by atoms with E-state index in [0.29, 0.717) is 5.69 Å². The van der Waals surface area contributed by atoms with Crippen LogP contribution in [0.3, 0.4) is 0 Å². The average molecular weight is 449 g/mol. The van der Waals surface area contributed by atoms with Crippen LogP contribution in [0.4, 0.5) is 18.9 Å². The standard InChI is InChI=1S/C17H16ClF3N4O3S/c1-9-11(18)12-13(23-9)14(10(6-22)15(24-12)17(19,20)21)25-3-4-28-16(7-25)2-5-29(26,27)8-16/h23H,2-5,7-8H2,1H3. The lowest BCUT2D eigenvalue weighted by Crippen LogP contribution is -2.53. The number of nitrogens with zero attached hydrogens (tertiary/aromatic N) is 3. The lowest BCUT2D eigenvalue weighted by molar-refractivity contribution is -0.141. The van der Waals surface area contributed by atoms with Gasteiger partial charge in [-0.3, -0.25) is 0 Å². The van der Waals surface area contributed by atoms with Crippen molar-refractivity contribution in [3.8, 4) is 6.07 Å². The van der Waals surface area contributed by atoms with Crippen LogP contribution in [0.2, 0.25) is 5.02 Å². The fraction of sp³-hybridized carbons (Fsp3) is 0.529. The van der Waals surface area contributed by atoms with E-state index in [1.54, 1.807) is 17.9 Å². The molecule has 0 aliphatic carbocycles. The number of fused-ring (bicyclic) bond motifs is 1. The van der Waals surface area contributed by atoms with E-state index >= 15 is 0 Å². The second-order valence-corrected chi connectivity index (χ2v) is 9.94. The van der Waals surface area contributed by atoms with E-state index in [-0.39, 0.29) is 59.4 Å². The summed E-state index contributed by atoms with van der Waals surface area (Å²) in [4.78, 5) is 8.15. The van der Waals surface area contributed by atoms with E-state index in [4.69, 9.17) is 16.3 Å². The third kappa shape index (κ3) is 3.33. The van der Waals surface area contributed by atoms with Gasteiger partial charge in [0.15, 0.2) is 15.5 Å². The van der Waals surface area contributed by atoms with Crippen molar-refractivity contribution in [1.29, 1.82) is 5.26 Å². The highest BCUT2D eigenvalue weighted by atomic mass is 35.5. The minimum Gasteiger partial charge on any atom is -0.370 e. The number of aryl methyl sites for hydroxylation is 1. The molecule has 2 aromatic rings. The van der Waals surface area contributed by atoms with E-state index < -0.39 is 32.9 Å². The predicted octanol–water partition coefficient (Wildman–Crippen LogP) is 2.81. The number of morpholine rings is 1. The maximum absolute atomic E-state index is 13.7. The number of pyridine rings is 1. The first kappa shape index (κ1) is 20.3. The van der Waals surface area contributed by atoms with Gasteiger partial charge < -0.3 is 14.6 Å². The molecule has 156 valence electrons. The molecule has 7 nitrogen and oxygen atoms in total. The Kier molecular flexibility index (Phi) is 4.53. The van der Waals surface area contributed by atoms with E-state index in [2.05, 4.69) is 9.97 Å². The number of H-pyrrole nitrogens is 1. The number of ether oxygens (including phenoxy) is 1. The zero-order chi connectivity index (χ0) is 21.2. The Balaban J connectivity index is 1.93. The molecule has 4 rings (SSSR count). The number of anilines is 1. The smallest absolute Gasteiger partial charge is 0.370 e. The van der Waals surface area contributed by atoms with Gasteiger partial charge in [0.05, 0.1) is 34.3 Å². The SMILES string of the molecule is Cc1[nH]c2c(N3CCOC4(CCS(=O)(=O)C4)C3)c(C#N)c(C(F)(F)F)nc2c1Cl. The van der Waals surface area contributed by atoms with Crippen molar-refractivity contribution in [2.45, 2.75) is 25.1 Å². The molecule has 1 spiro atoms. The fourth-order valence-corrected chi connectivity index (χ4v) is 6.19. The van der Waals surface area contributed by atoms with Gasteiger partial charge in [-0.15, -0.1) is 0 Å². The fourth-order valence-electron chi connectivity index (χ4n) is 4.06. The highest BCUT2D eigenvalue weighted by Gasteiger charge is 2.48. The molecule has 0 saturated carbocycles. The summed E-state index contributed by atoms with van der Waals surface area (Å²) in [6.45, 7) is 1.96. The predicted molar refractivity (Wildman–Crippen MR) is 99.7 cm³/mol. The topological polar surface area (TPSA) is 99.1 Å². The Bertz CT molecular complexity index is 1160. The summed E-state index contributed by atoms with van der Waals surface area (Å²) in [5.74, 6) is -0.248. The third-order valence-corrected chi connectivity index (χ3v) is 7.57. The molecule has 0 amide bonds. The molecule has 29 heavy (non-hydrogen) atoms. The molecule has 0 bridgehead atoms. The molecule has 2 aliphatic rings. The maximum Gasteiger partial charge on any atom is 0.434 e. The van der Waals surface area contributed by atoms with Gasteiger partial charge in [-0.1, -0.05) is 11.6 Å². The minimum atomic E-state index is -4.86. The lowest BCUT2D eigenvalue weighted by atomic mass is 9.99. The summed E-state index contributed by atoms with van der Waals surface area (Å²) in [7, 11) is -3.29. The first-order chi connectivity index (χ1) is 13.5. The Labute approximate surface area is 169 Å². The van der Waals surface area contributed by atoms with Crippen LogP contribution in [0, 0.1) is 18.3 Å². The van der Waals surface area contributed by atoms with Crippen molar-refractivity contribution >= 4 is 38.2 Å². The number of alkyl halides is 3. The second-order valence-electron chi connectivity index (χ2n) is 7.38. The first-order valence-corrected chi connectivity index (χ1v) is 10.9. The highest BCUT2D eigenvalue weighted by Crippen LogP contribution is 2.43. The van der Waals surface area contributed by atoms with Gasteiger partial charge in [0.25, 0.3) is 0 Å². The van der Waals surface area contributed by atoms with Crippen molar-refractivity contribution in [3.05, 3.63) is 22.0 Å². The van der Waals surface area contributed by atoms with Crippen LogP contribution in [0.15, 0.2) is 0 Å². The number of rotatable bonds is 1. The van der Waals surface area contributed by atoms with Crippen LogP contribution in [0.25, 0.3) is 11.0 Å². The van der Waals surface area contributed by atoms with Gasteiger partial charge in [0, 0.05) is 18.8 Å². The number of nitriles is 1. The first-order valence-electron chi connectivity index (χ1n) is 8.75. The van der Waals surface area contributed by atoms with Crippen LogP contribution < -0.4 is 4.90 Å². The van der Waals surface area contributed by atoms with Gasteiger partial charge in [-0.05, 0) is 13.3 Å². The molecule has 2 saturated heterocycles. The van der Waals surface area contributed by atoms with Crippen LogP contribution in [0.5, 0.6) is 0 Å². The monoisotopic (exact) mass is 448 g/mol. The molecule has 1 N–H and O–H groups in total. The Morgan fingerprint density at radius 1 is 1.41 bits per heavy atom. The van der Waals surface area contributed by atoms with E-state index in [9.17, 15) is 26.9 Å². The molecule has 0 aromatic carbocycles. The number of hydrogen-bond acceptors (Lipinski definition) is 6. The van der Waals surface area contributed by atoms with Crippen molar-refractivity contribution in [2.24, 2.45) is 0 Å². The number of halogens is 4. The van der Waals surface area contributed by atoms with Gasteiger partial charge in [-0.25, -0.2) is 13.4 Å². The van der Waals surface area contributed by atoms with Gasteiger partial charge in [0.2, 0.25) is 0 Å². The lowest BCUT2D eigenvalue weighted by Gasteiger charge is -2.41. The van der Waals surface area contributed by atoms with Crippen molar-refractivity contribution in [1.82, 2.24) is 9.97 Å². The summed E-state index contributed by atoms with van der Waals surface area (Å²) in [6.07, 6.45) is -4.61. The van der Waals surface area contributed by atoms with Gasteiger partial charge in [0.1, 0.15) is 22.8 Å². The van der Waals surface area contributed by atoms with Crippen molar-refractivity contribution in [3.63, 3.8) is 0 Å². The van der Waals surface area contributed by atoms with Crippen LogP contribution in [-0.4, -0.2) is 55.2 Å². The molecule has 12 heteroatoms. The number of nitrogens with one attached hydrogen (secondary N) is 1. The molecule has 0 radical (unpaired) electrons. The van der Waals surface area contributed by atoms with Gasteiger partial charge >= 0.3 is 6.18 Å². The van der Waals surface area contributed by atoms with Gasteiger partial charge in [-0.2, -0.15) is 18.4 Å². The summed E-state index contributed by atoms with van der Waals surface area (Å²) >= 11 is 6.16. The summed E-state index contributed by atoms with van der Waals surface area (Å²) in [5.41, 5.74) is -2.37. The highest BCUT2D eigenvalue weighted by molar-refractivity contribution is 7.91. The Morgan fingerprint density at radius 2 is 2.14 bits per heavy atom. The summed E-state index contributed by atoms with van der Waals surface area (Å²) < 4.78 is 70.7. The molecule has 2 aromatic heterocycles. The molecule has 2 fully saturated rings. The average Bonchev–Trinajstić information content (AvgIpc) is 3.08. The Hall–Kier alpha value is -2.03. The van der Waals surface area contributed by atoms with E-state index in [1.165, 1.54) is 0 Å². The maximum atomic E-state index is 13.7. The Morgan fingerprint density at radius 3 is 2.72 bits per heavy atom. The molecular formula is C17H16ClF3N4O3S.